The molecule has 1 heterocycles. The van der Waals surface area contributed by atoms with E-state index in [0.29, 0.717) is 13.0 Å². The van der Waals surface area contributed by atoms with Crippen LogP contribution in [0.15, 0.2) is 0 Å². The van der Waals surface area contributed by atoms with Gasteiger partial charge in [0.2, 0.25) is 0 Å². The Morgan fingerprint density at radius 2 is 2.33 bits per heavy atom. The normalized spacial score (nSPS) is 30.5. The molecule has 0 aliphatic carbocycles. The van der Waals surface area contributed by atoms with Gasteiger partial charge in [-0.25, -0.2) is 0 Å². The summed E-state index contributed by atoms with van der Waals surface area (Å²) in [5, 5.41) is 9.02. The molecule has 1 aliphatic heterocycles. The predicted molar refractivity (Wildman–Crippen MR) is 45.8 cm³/mol. The number of hydrogen-bond acceptors (Lipinski definition) is 3. The number of aliphatic hydroxyl groups is 1. The molecule has 0 aromatic rings. The second-order valence-corrected chi connectivity index (χ2v) is 3.21. The van der Waals surface area contributed by atoms with Crippen molar-refractivity contribution >= 4 is 0 Å². The summed E-state index contributed by atoms with van der Waals surface area (Å²) in [5.74, 6) is 0. The highest BCUT2D eigenvalue weighted by Crippen LogP contribution is 2.14. The Bertz CT molecular complexity index is 108. The Labute approximate surface area is 73.7 Å². The van der Waals surface area contributed by atoms with Crippen LogP contribution in [0, 0.1) is 0 Å². The molecule has 0 bridgehead atoms. The van der Waals surface area contributed by atoms with Crippen LogP contribution in [0.1, 0.15) is 32.6 Å². The standard InChI is InChI=1S/C9H18O3/c1-2-3-6-11-8-4-5-9(10)12-7-8/h8-10H,2-7H2,1H3/t8-,9+/m1/s1. The molecular formula is C9H18O3. The highest BCUT2D eigenvalue weighted by molar-refractivity contribution is 4.64. The molecule has 3 heteroatoms. The molecule has 0 aromatic carbocycles. The molecule has 12 heavy (non-hydrogen) atoms. The molecule has 2 atom stereocenters. The van der Waals surface area contributed by atoms with Gasteiger partial charge >= 0.3 is 0 Å². The van der Waals surface area contributed by atoms with Crippen molar-refractivity contribution in [1.29, 1.82) is 0 Å². The van der Waals surface area contributed by atoms with Gasteiger partial charge in [0, 0.05) is 13.0 Å². The lowest BCUT2D eigenvalue weighted by atomic mass is 10.1. The van der Waals surface area contributed by atoms with E-state index in [4.69, 9.17) is 14.6 Å². The zero-order valence-corrected chi connectivity index (χ0v) is 7.66. The van der Waals surface area contributed by atoms with Crippen LogP contribution in [0.2, 0.25) is 0 Å². The van der Waals surface area contributed by atoms with E-state index in [1.165, 1.54) is 0 Å². The number of ether oxygens (including phenoxy) is 2. The van der Waals surface area contributed by atoms with Crippen molar-refractivity contribution in [2.45, 2.75) is 45.0 Å². The van der Waals surface area contributed by atoms with Gasteiger partial charge in [0.15, 0.2) is 6.29 Å². The Balaban J connectivity index is 2.01. The van der Waals surface area contributed by atoms with Gasteiger partial charge in [0.05, 0.1) is 12.7 Å². The van der Waals surface area contributed by atoms with Gasteiger partial charge in [-0.2, -0.15) is 0 Å². The molecule has 0 unspecified atom stereocenters. The molecule has 1 rings (SSSR count). The molecule has 1 aliphatic rings. The minimum atomic E-state index is -0.559. The lowest BCUT2D eigenvalue weighted by molar-refractivity contribution is -0.167. The second-order valence-electron chi connectivity index (χ2n) is 3.21. The molecule has 1 fully saturated rings. The average Bonchev–Trinajstić information content (AvgIpc) is 2.09. The summed E-state index contributed by atoms with van der Waals surface area (Å²) in [6, 6.07) is 0. The lowest BCUT2D eigenvalue weighted by Crippen LogP contribution is -2.31. The lowest BCUT2D eigenvalue weighted by Gasteiger charge is -2.25. The molecule has 72 valence electrons. The number of aliphatic hydroxyl groups excluding tert-OH is 1. The molecule has 0 spiro atoms. The fourth-order valence-electron chi connectivity index (χ4n) is 1.24. The van der Waals surface area contributed by atoms with Gasteiger partial charge in [0.25, 0.3) is 0 Å². The average molecular weight is 174 g/mol. The van der Waals surface area contributed by atoms with Crippen LogP contribution in [-0.2, 0) is 9.47 Å². The van der Waals surface area contributed by atoms with Crippen molar-refractivity contribution in [3.63, 3.8) is 0 Å². The van der Waals surface area contributed by atoms with Crippen LogP contribution in [0.3, 0.4) is 0 Å². The fourth-order valence-corrected chi connectivity index (χ4v) is 1.24. The Hall–Kier alpha value is -0.120. The first kappa shape index (κ1) is 9.96. The largest absolute Gasteiger partial charge is 0.376 e. The molecule has 0 saturated carbocycles. The van der Waals surface area contributed by atoms with Gasteiger partial charge in [0.1, 0.15) is 0 Å². The van der Waals surface area contributed by atoms with Crippen molar-refractivity contribution in [3.8, 4) is 0 Å². The second kappa shape index (κ2) is 5.51. The van der Waals surface area contributed by atoms with Gasteiger partial charge < -0.3 is 14.6 Å². The zero-order chi connectivity index (χ0) is 8.81. The minimum Gasteiger partial charge on any atom is -0.376 e. The summed E-state index contributed by atoms with van der Waals surface area (Å²) in [6.45, 7) is 3.51. The molecule has 1 saturated heterocycles. The number of hydrogen-bond donors (Lipinski definition) is 1. The molecular weight excluding hydrogens is 156 g/mol. The van der Waals surface area contributed by atoms with E-state index in [1.54, 1.807) is 0 Å². The Morgan fingerprint density at radius 1 is 1.50 bits per heavy atom. The van der Waals surface area contributed by atoms with Crippen LogP contribution < -0.4 is 0 Å². The fraction of sp³-hybridized carbons (Fsp3) is 1.00. The van der Waals surface area contributed by atoms with Gasteiger partial charge in [-0.05, 0) is 12.8 Å². The number of rotatable bonds is 4. The van der Waals surface area contributed by atoms with E-state index in [0.717, 1.165) is 25.9 Å². The third kappa shape index (κ3) is 3.52. The van der Waals surface area contributed by atoms with Crippen molar-refractivity contribution < 1.29 is 14.6 Å². The van der Waals surface area contributed by atoms with Crippen LogP contribution in [0.25, 0.3) is 0 Å². The van der Waals surface area contributed by atoms with E-state index in [2.05, 4.69) is 6.92 Å². The van der Waals surface area contributed by atoms with Crippen molar-refractivity contribution in [3.05, 3.63) is 0 Å². The maximum absolute atomic E-state index is 9.02. The van der Waals surface area contributed by atoms with Crippen molar-refractivity contribution in [1.82, 2.24) is 0 Å². The van der Waals surface area contributed by atoms with Crippen LogP contribution in [0.5, 0.6) is 0 Å². The zero-order valence-electron chi connectivity index (χ0n) is 7.66. The first-order chi connectivity index (χ1) is 5.83. The summed E-state index contributed by atoms with van der Waals surface area (Å²) in [5.41, 5.74) is 0. The summed E-state index contributed by atoms with van der Waals surface area (Å²) >= 11 is 0. The third-order valence-corrected chi connectivity index (χ3v) is 2.06. The summed E-state index contributed by atoms with van der Waals surface area (Å²) in [7, 11) is 0. The first-order valence-corrected chi connectivity index (χ1v) is 4.74. The molecule has 0 radical (unpaired) electrons. The summed E-state index contributed by atoms with van der Waals surface area (Å²) < 4.78 is 10.6. The maximum Gasteiger partial charge on any atom is 0.154 e. The Morgan fingerprint density at radius 3 is 2.92 bits per heavy atom. The highest BCUT2D eigenvalue weighted by Gasteiger charge is 2.19. The summed E-state index contributed by atoms with van der Waals surface area (Å²) in [4.78, 5) is 0. The number of unbranched alkanes of at least 4 members (excludes halogenated alkanes) is 1. The van der Waals surface area contributed by atoms with Crippen LogP contribution >= 0.6 is 0 Å². The smallest absolute Gasteiger partial charge is 0.154 e. The third-order valence-electron chi connectivity index (χ3n) is 2.06. The van der Waals surface area contributed by atoms with E-state index < -0.39 is 6.29 Å². The topological polar surface area (TPSA) is 38.7 Å². The van der Waals surface area contributed by atoms with E-state index >= 15 is 0 Å². The van der Waals surface area contributed by atoms with E-state index in [1.807, 2.05) is 0 Å². The molecule has 0 amide bonds. The quantitative estimate of drug-likeness (QED) is 0.653. The highest BCUT2D eigenvalue weighted by atomic mass is 16.6. The Kier molecular flexibility index (Phi) is 4.58. The van der Waals surface area contributed by atoms with Crippen LogP contribution in [0.4, 0.5) is 0 Å². The van der Waals surface area contributed by atoms with Crippen molar-refractivity contribution in [2.75, 3.05) is 13.2 Å². The molecule has 3 nitrogen and oxygen atoms in total. The molecule has 0 aromatic heterocycles. The summed E-state index contributed by atoms with van der Waals surface area (Å²) in [6.07, 6.45) is 3.55. The van der Waals surface area contributed by atoms with Gasteiger partial charge in [-0.1, -0.05) is 13.3 Å². The monoisotopic (exact) mass is 174 g/mol. The first-order valence-electron chi connectivity index (χ1n) is 4.74. The van der Waals surface area contributed by atoms with Crippen molar-refractivity contribution in [2.24, 2.45) is 0 Å². The van der Waals surface area contributed by atoms with Gasteiger partial charge in [-0.15, -0.1) is 0 Å². The molecule has 1 N–H and O–H groups in total. The SMILES string of the molecule is CCCCO[C@@H]1CC[C@@H](O)OC1. The van der Waals surface area contributed by atoms with Gasteiger partial charge in [-0.3, -0.25) is 0 Å². The minimum absolute atomic E-state index is 0.208. The van der Waals surface area contributed by atoms with Crippen LogP contribution in [-0.4, -0.2) is 30.7 Å². The maximum atomic E-state index is 9.02. The van der Waals surface area contributed by atoms with E-state index in [-0.39, 0.29) is 6.10 Å². The van der Waals surface area contributed by atoms with E-state index in [9.17, 15) is 0 Å². The predicted octanol–water partition coefficient (Wildman–Crippen LogP) is 1.30.